The molecule has 0 bridgehead atoms. The van der Waals surface area contributed by atoms with Crippen molar-refractivity contribution in [1.29, 1.82) is 5.26 Å². The van der Waals surface area contributed by atoms with Crippen LogP contribution < -0.4 is 0 Å². The van der Waals surface area contributed by atoms with Crippen molar-refractivity contribution in [3.8, 4) is 6.07 Å². The predicted molar refractivity (Wildman–Crippen MR) is 112 cm³/mol. The van der Waals surface area contributed by atoms with E-state index in [0.29, 0.717) is 23.3 Å². The molecule has 0 saturated carbocycles. The summed E-state index contributed by atoms with van der Waals surface area (Å²) in [6.07, 6.45) is 2.31. The molecule has 28 heavy (non-hydrogen) atoms. The molecule has 5 heteroatoms. The van der Waals surface area contributed by atoms with Crippen LogP contribution in [0, 0.1) is 23.2 Å². The van der Waals surface area contributed by atoms with E-state index in [1.54, 1.807) is 0 Å². The summed E-state index contributed by atoms with van der Waals surface area (Å²) in [4.78, 5) is 20.0. The average molecular weight is 383 g/mol. The molecule has 0 radical (unpaired) electrons. The highest BCUT2D eigenvalue weighted by Crippen LogP contribution is 2.22. The van der Waals surface area contributed by atoms with Crippen molar-refractivity contribution < 1.29 is 4.79 Å². The van der Waals surface area contributed by atoms with Crippen molar-refractivity contribution in [1.82, 2.24) is 14.7 Å². The molecule has 0 N–H and O–H groups in total. The molecule has 2 fully saturated rings. The molecular weight excluding hydrogens is 348 g/mol. The van der Waals surface area contributed by atoms with Gasteiger partial charge in [0.1, 0.15) is 0 Å². The van der Waals surface area contributed by atoms with E-state index < -0.39 is 0 Å². The predicted octanol–water partition coefficient (Wildman–Crippen LogP) is 2.96. The van der Waals surface area contributed by atoms with Crippen LogP contribution in [0.15, 0.2) is 24.3 Å². The number of benzene rings is 1. The van der Waals surface area contributed by atoms with Crippen molar-refractivity contribution in [2.45, 2.75) is 46.2 Å². The largest absolute Gasteiger partial charge is 0.341 e. The minimum absolute atomic E-state index is 0.0348. The molecule has 3 rings (SSSR count). The molecule has 5 nitrogen and oxygen atoms in total. The van der Waals surface area contributed by atoms with Crippen LogP contribution in [0.1, 0.15) is 44.7 Å². The van der Waals surface area contributed by atoms with Crippen molar-refractivity contribution in [2.75, 3.05) is 39.3 Å². The summed E-state index contributed by atoms with van der Waals surface area (Å²) >= 11 is 0. The second-order valence-corrected chi connectivity index (χ2v) is 8.84. The SMILES string of the molecule is CC1CC(C)CN(C(=O)C(C)N2CCCN(Cc3ccc(C#N)cc3)CC2)C1. The molecule has 1 aromatic carbocycles. The van der Waals surface area contributed by atoms with Gasteiger partial charge < -0.3 is 4.90 Å². The molecule has 3 unspecified atom stereocenters. The molecule has 1 amide bonds. The highest BCUT2D eigenvalue weighted by molar-refractivity contribution is 5.81. The van der Waals surface area contributed by atoms with Crippen LogP contribution in [-0.4, -0.2) is 65.9 Å². The first-order valence-corrected chi connectivity index (χ1v) is 10.7. The molecular formula is C23H34N4O. The smallest absolute Gasteiger partial charge is 0.239 e. The number of likely N-dealkylation sites (tertiary alicyclic amines) is 1. The number of hydrogen-bond acceptors (Lipinski definition) is 4. The molecule has 2 saturated heterocycles. The normalized spacial score (nSPS) is 25.7. The van der Waals surface area contributed by atoms with Gasteiger partial charge in [0, 0.05) is 39.3 Å². The van der Waals surface area contributed by atoms with Crippen LogP contribution in [0.2, 0.25) is 0 Å². The van der Waals surface area contributed by atoms with Gasteiger partial charge in [0.15, 0.2) is 0 Å². The highest BCUT2D eigenvalue weighted by Gasteiger charge is 2.31. The van der Waals surface area contributed by atoms with Gasteiger partial charge in [-0.05, 0) is 55.8 Å². The number of nitrogens with zero attached hydrogens (tertiary/aromatic N) is 4. The molecule has 1 aromatic rings. The number of hydrogen-bond donors (Lipinski definition) is 0. The fraction of sp³-hybridized carbons (Fsp3) is 0.652. The van der Waals surface area contributed by atoms with Gasteiger partial charge in [-0.3, -0.25) is 14.6 Å². The number of rotatable bonds is 4. The molecule has 0 aromatic heterocycles. The molecule has 0 spiro atoms. The van der Waals surface area contributed by atoms with E-state index in [9.17, 15) is 4.79 Å². The zero-order valence-corrected chi connectivity index (χ0v) is 17.6. The lowest BCUT2D eigenvalue weighted by Gasteiger charge is -2.38. The Hall–Kier alpha value is -1.90. The second-order valence-electron chi connectivity index (χ2n) is 8.84. The summed E-state index contributed by atoms with van der Waals surface area (Å²) in [7, 11) is 0. The summed E-state index contributed by atoms with van der Waals surface area (Å²) in [6.45, 7) is 13.3. The Morgan fingerprint density at radius 3 is 2.43 bits per heavy atom. The van der Waals surface area contributed by atoms with Gasteiger partial charge in [-0.2, -0.15) is 5.26 Å². The number of carbonyl (C=O) groups excluding carboxylic acids is 1. The van der Waals surface area contributed by atoms with Gasteiger partial charge >= 0.3 is 0 Å². The van der Waals surface area contributed by atoms with E-state index in [1.807, 2.05) is 24.3 Å². The Bertz CT molecular complexity index is 686. The van der Waals surface area contributed by atoms with Crippen molar-refractivity contribution >= 4 is 5.91 Å². The minimum atomic E-state index is -0.0348. The van der Waals surface area contributed by atoms with Crippen molar-refractivity contribution in [2.24, 2.45) is 11.8 Å². The first-order chi connectivity index (χ1) is 13.5. The van der Waals surface area contributed by atoms with Gasteiger partial charge in [0.05, 0.1) is 17.7 Å². The van der Waals surface area contributed by atoms with E-state index in [4.69, 9.17) is 5.26 Å². The monoisotopic (exact) mass is 382 g/mol. The van der Waals surface area contributed by atoms with Gasteiger partial charge in [-0.25, -0.2) is 0 Å². The van der Waals surface area contributed by atoms with Crippen LogP contribution in [0.3, 0.4) is 0 Å². The molecule has 2 heterocycles. The van der Waals surface area contributed by atoms with Gasteiger partial charge in [0.25, 0.3) is 0 Å². The van der Waals surface area contributed by atoms with E-state index in [2.05, 4.69) is 41.5 Å². The van der Waals surface area contributed by atoms with E-state index in [-0.39, 0.29) is 6.04 Å². The summed E-state index contributed by atoms with van der Waals surface area (Å²) in [5.74, 6) is 1.51. The fourth-order valence-corrected chi connectivity index (χ4v) is 4.74. The van der Waals surface area contributed by atoms with Gasteiger partial charge in [-0.15, -0.1) is 0 Å². The Balaban J connectivity index is 1.53. The zero-order valence-electron chi connectivity index (χ0n) is 17.6. The van der Waals surface area contributed by atoms with E-state index in [0.717, 1.165) is 52.2 Å². The van der Waals surface area contributed by atoms with Crippen LogP contribution >= 0.6 is 0 Å². The lowest BCUT2D eigenvalue weighted by Crippen LogP contribution is -2.52. The number of amides is 1. The van der Waals surface area contributed by atoms with Crippen LogP contribution in [0.5, 0.6) is 0 Å². The average Bonchev–Trinajstić information content (AvgIpc) is 2.92. The molecule has 152 valence electrons. The quantitative estimate of drug-likeness (QED) is 0.803. The highest BCUT2D eigenvalue weighted by atomic mass is 16.2. The third-order valence-electron chi connectivity index (χ3n) is 6.20. The van der Waals surface area contributed by atoms with Crippen LogP contribution in [-0.2, 0) is 11.3 Å². The van der Waals surface area contributed by atoms with Gasteiger partial charge in [-0.1, -0.05) is 26.0 Å². The Kier molecular flexibility index (Phi) is 7.09. The van der Waals surface area contributed by atoms with E-state index >= 15 is 0 Å². The number of nitriles is 1. The van der Waals surface area contributed by atoms with Crippen molar-refractivity contribution in [3.05, 3.63) is 35.4 Å². The molecule has 2 aliphatic heterocycles. The molecule has 0 aliphatic carbocycles. The lowest BCUT2D eigenvalue weighted by molar-refractivity contribution is -0.139. The maximum Gasteiger partial charge on any atom is 0.239 e. The van der Waals surface area contributed by atoms with E-state index in [1.165, 1.54) is 12.0 Å². The summed E-state index contributed by atoms with van der Waals surface area (Å²) in [6, 6.07) is 10.0. The lowest BCUT2D eigenvalue weighted by atomic mass is 9.91. The summed E-state index contributed by atoms with van der Waals surface area (Å²) < 4.78 is 0. The standard InChI is InChI=1S/C23H34N4O/c1-18-13-19(2)16-27(15-18)23(28)20(3)26-10-4-9-25(11-12-26)17-22-7-5-21(14-24)6-8-22/h5-8,18-20H,4,9-13,15-17H2,1-3H3. The van der Waals surface area contributed by atoms with Crippen LogP contribution in [0.25, 0.3) is 0 Å². The van der Waals surface area contributed by atoms with Gasteiger partial charge in [0.2, 0.25) is 5.91 Å². The fourth-order valence-electron chi connectivity index (χ4n) is 4.74. The molecule has 2 aliphatic rings. The van der Waals surface area contributed by atoms with Crippen molar-refractivity contribution in [3.63, 3.8) is 0 Å². The maximum atomic E-state index is 13.1. The Labute approximate surface area is 169 Å². The topological polar surface area (TPSA) is 50.6 Å². The Morgan fingerprint density at radius 1 is 1.11 bits per heavy atom. The summed E-state index contributed by atoms with van der Waals surface area (Å²) in [5.41, 5.74) is 1.95. The Morgan fingerprint density at radius 2 is 1.79 bits per heavy atom. The zero-order chi connectivity index (χ0) is 20.1. The summed E-state index contributed by atoms with van der Waals surface area (Å²) in [5, 5.41) is 8.94. The number of carbonyl (C=O) groups is 1. The minimum Gasteiger partial charge on any atom is -0.341 e. The molecule has 3 atom stereocenters. The van der Waals surface area contributed by atoms with Crippen LogP contribution in [0.4, 0.5) is 0 Å². The first kappa shape index (κ1) is 20.8. The third kappa shape index (κ3) is 5.33. The maximum absolute atomic E-state index is 13.1. The second kappa shape index (κ2) is 9.54. The first-order valence-electron chi connectivity index (χ1n) is 10.7. The third-order valence-corrected chi connectivity index (χ3v) is 6.20. The number of piperidine rings is 1.